The fourth-order valence-corrected chi connectivity index (χ4v) is 2.24. The van der Waals surface area contributed by atoms with Gasteiger partial charge in [-0.15, -0.1) is 0 Å². The van der Waals surface area contributed by atoms with Crippen LogP contribution in [0.4, 0.5) is 5.69 Å². The Kier molecular flexibility index (Phi) is 3.87. The zero-order chi connectivity index (χ0) is 13.1. The Balaban J connectivity index is 2.13. The van der Waals surface area contributed by atoms with Gasteiger partial charge in [0.05, 0.1) is 0 Å². The topological polar surface area (TPSA) is 35.6 Å². The first kappa shape index (κ1) is 12.9. The minimum Gasteiger partial charge on any atom is -0.388 e. The van der Waals surface area contributed by atoms with E-state index in [1.165, 1.54) is 0 Å². The Morgan fingerprint density at radius 3 is 2.44 bits per heavy atom. The Morgan fingerprint density at radius 1 is 1.22 bits per heavy atom. The molecular weight excluding hydrogens is 226 g/mol. The van der Waals surface area contributed by atoms with Crippen LogP contribution in [0.2, 0.25) is 0 Å². The molecule has 0 bridgehead atoms. The zero-order valence-corrected chi connectivity index (χ0v) is 11.4. The number of nitrogens with one attached hydrogen (secondary N) is 1. The van der Waals surface area contributed by atoms with Crippen molar-refractivity contribution < 1.29 is 4.79 Å². The van der Waals surface area contributed by atoms with Gasteiger partial charge in [-0.3, -0.25) is 4.79 Å². The van der Waals surface area contributed by atoms with Crippen LogP contribution >= 0.6 is 0 Å². The highest BCUT2D eigenvalue weighted by Gasteiger charge is 2.21. The second-order valence-corrected chi connectivity index (χ2v) is 4.88. The average molecular weight is 247 g/mol. The van der Waals surface area contributed by atoms with Crippen LogP contribution in [0.1, 0.15) is 15.9 Å². The Labute approximate surface area is 109 Å². The lowest BCUT2D eigenvalue weighted by Gasteiger charge is -2.32. The number of carbonyl (C=O) groups is 1. The summed E-state index contributed by atoms with van der Waals surface area (Å²) < 4.78 is 0. The molecule has 18 heavy (non-hydrogen) atoms. The molecule has 1 aliphatic heterocycles. The molecule has 1 saturated heterocycles. The summed E-state index contributed by atoms with van der Waals surface area (Å²) in [7, 11) is 3.98. The molecule has 0 radical (unpaired) electrons. The number of aryl methyl sites for hydroxylation is 1. The van der Waals surface area contributed by atoms with Gasteiger partial charge >= 0.3 is 0 Å². The maximum absolute atomic E-state index is 12.4. The van der Waals surface area contributed by atoms with Crippen LogP contribution in [-0.2, 0) is 0 Å². The summed E-state index contributed by atoms with van der Waals surface area (Å²) in [5.74, 6) is 0.156. The highest BCUT2D eigenvalue weighted by molar-refractivity contribution is 5.96. The Bertz CT molecular complexity index is 437. The van der Waals surface area contributed by atoms with E-state index >= 15 is 0 Å². The van der Waals surface area contributed by atoms with Crippen molar-refractivity contribution in [3.63, 3.8) is 0 Å². The van der Waals surface area contributed by atoms with Gasteiger partial charge in [0.2, 0.25) is 0 Å². The summed E-state index contributed by atoms with van der Waals surface area (Å²) in [5, 5.41) is 3.09. The molecular formula is C14H21N3O. The predicted molar refractivity (Wildman–Crippen MR) is 74.1 cm³/mol. The van der Waals surface area contributed by atoms with E-state index < -0.39 is 0 Å². The first-order valence-corrected chi connectivity index (χ1v) is 6.38. The first-order valence-electron chi connectivity index (χ1n) is 6.38. The van der Waals surface area contributed by atoms with Crippen molar-refractivity contribution in [2.24, 2.45) is 0 Å². The third kappa shape index (κ3) is 2.64. The molecule has 0 saturated carbocycles. The monoisotopic (exact) mass is 247 g/mol. The molecule has 1 fully saturated rings. The van der Waals surface area contributed by atoms with Gasteiger partial charge < -0.3 is 15.1 Å². The van der Waals surface area contributed by atoms with E-state index in [1.54, 1.807) is 0 Å². The number of hydrogen-bond acceptors (Lipinski definition) is 3. The predicted octanol–water partition coefficient (Wildman–Crippen LogP) is 1.42. The fraction of sp³-hybridized carbons (Fsp3) is 0.500. The summed E-state index contributed by atoms with van der Waals surface area (Å²) in [4.78, 5) is 16.6. The number of likely N-dealkylation sites (N-methyl/N-ethyl adjacent to an activating group) is 1. The molecule has 1 aromatic rings. The summed E-state index contributed by atoms with van der Waals surface area (Å²) in [5.41, 5.74) is 2.90. The molecule has 4 heteroatoms. The smallest absolute Gasteiger partial charge is 0.254 e. The number of amides is 1. The molecule has 1 aliphatic rings. The van der Waals surface area contributed by atoms with E-state index in [2.05, 4.69) is 17.3 Å². The average Bonchev–Trinajstić information content (AvgIpc) is 2.38. The third-order valence-corrected chi connectivity index (χ3v) is 3.54. The molecule has 4 nitrogen and oxygen atoms in total. The second-order valence-electron chi connectivity index (χ2n) is 4.88. The molecule has 0 aromatic heterocycles. The van der Waals surface area contributed by atoms with Crippen LogP contribution in [0.25, 0.3) is 0 Å². The Morgan fingerprint density at radius 2 is 1.89 bits per heavy atom. The molecule has 0 atom stereocenters. The second kappa shape index (κ2) is 5.40. The van der Waals surface area contributed by atoms with E-state index in [0.29, 0.717) is 0 Å². The lowest BCUT2D eigenvalue weighted by molar-refractivity contribution is 0.0663. The van der Waals surface area contributed by atoms with E-state index in [0.717, 1.165) is 43.0 Å². The van der Waals surface area contributed by atoms with Crippen LogP contribution < -0.4 is 5.32 Å². The summed E-state index contributed by atoms with van der Waals surface area (Å²) >= 11 is 0. The fourth-order valence-electron chi connectivity index (χ4n) is 2.24. The van der Waals surface area contributed by atoms with Gasteiger partial charge in [-0.1, -0.05) is 0 Å². The third-order valence-electron chi connectivity index (χ3n) is 3.54. The number of piperazine rings is 1. The quantitative estimate of drug-likeness (QED) is 0.858. The van der Waals surface area contributed by atoms with E-state index in [9.17, 15) is 4.79 Å². The van der Waals surface area contributed by atoms with Gasteiger partial charge in [0.25, 0.3) is 5.91 Å². The van der Waals surface area contributed by atoms with Crippen molar-refractivity contribution in [3.05, 3.63) is 29.3 Å². The minimum atomic E-state index is 0.156. The standard InChI is InChI=1S/C14H21N3O/c1-11-10-12(15-2)4-5-13(11)14(18)17-8-6-16(3)7-9-17/h4-5,10,15H,6-9H2,1-3H3. The molecule has 0 unspecified atom stereocenters. The number of hydrogen-bond donors (Lipinski definition) is 1. The summed E-state index contributed by atoms with van der Waals surface area (Å²) in [6.07, 6.45) is 0. The summed E-state index contributed by atoms with van der Waals surface area (Å²) in [6.45, 7) is 5.55. The highest BCUT2D eigenvalue weighted by atomic mass is 16.2. The maximum atomic E-state index is 12.4. The zero-order valence-electron chi connectivity index (χ0n) is 11.4. The number of carbonyl (C=O) groups excluding carboxylic acids is 1. The number of benzene rings is 1. The lowest BCUT2D eigenvalue weighted by Crippen LogP contribution is -2.47. The molecule has 1 amide bonds. The normalized spacial score (nSPS) is 16.7. The van der Waals surface area contributed by atoms with Crippen LogP contribution in [0, 0.1) is 6.92 Å². The lowest BCUT2D eigenvalue weighted by atomic mass is 10.1. The van der Waals surface area contributed by atoms with Crippen molar-refractivity contribution in [3.8, 4) is 0 Å². The number of rotatable bonds is 2. The van der Waals surface area contributed by atoms with Gasteiger partial charge in [0.1, 0.15) is 0 Å². The molecule has 1 aromatic carbocycles. The van der Waals surface area contributed by atoms with Crippen molar-refractivity contribution in [1.29, 1.82) is 0 Å². The number of anilines is 1. The van der Waals surface area contributed by atoms with E-state index in [1.807, 2.05) is 37.1 Å². The van der Waals surface area contributed by atoms with Crippen LogP contribution in [0.5, 0.6) is 0 Å². The first-order chi connectivity index (χ1) is 8.61. The van der Waals surface area contributed by atoms with Gasteiger partial charge in [0.15, 0.2) is 0 Å². The minimum absolute atomic E-state index is 0.156. The van der Waals surface area contributed by atoms with Gasteiger partial charge in [-0.2, -0.15) is 0 Å². The Hall–Kier alpha value is -1.55. The molecule has 0 spiro atoms. The molecule has 2 rings (SSSR count). The van der Waals surface area contributed by atoms with Gasteiger partial charge in [-0.05, 0) is 37.7 Å². The summed E-state index contributed by atoms with van der Waals surface area (Å²) in [6, 6.07) is 5.89. The SMILES string of the molecule is CNc1ccc(C(=O)N2CCN(C)CC2)c(C)c1. The van der Waals surface area contributed by atoms with Crippen molar-refractivity contribution in [1.82, 2.24) is 9.80 Å². The molecule has 98 valence electrons. The van der Waals surface area contributed by atoms with Gasteiger partial charge in [-0.25, -0.2) is 0 Å². The van der Waals surface area contributed by atoms with Crippen LogP contribution in [-0.4, -0.2) is 56.0 Å². The van der Waals surface area contributed by atoms with Crippen molar-refractivity contribution in [2.45, 2.75) is 6.92 Å². The van der Waals surface area contributed by atoms with Crippen molar-refractivity contribution >= 4 is 11.6 Å². The maximum Gasteiger partial charge on any atom is 0.254 e. The molecule has 1 heterocycles. The van der Waals surface area contributed by atoms with Gasteiger partial charge in [0, 0.05) is 44.5 Å². The molecule has 0 aliphatic carbocycles. The van der Waals surface area contributed by atoms with Crippen molar-refractivity contribution in [2.75, 3.05) is 45.6 Å². The molecule has 1 N–H and O–H groups in total. The highest BCUT2D eigenvalue weighted by Crippen LogP contribution is 2.17. The van der Waals surface area contributed by atoms with E-state index in [4.69, 9.17) is 0 Å². The van der Waals surface area contributed by atoms with Crippen LogP contribution in [0.3, 0.4) is 0 Å². The number of nitrogens with zero attached hydrogens (tertiary/aromatic N) is 2. The van der Waals surface area contributed by atoms with Crippen LogP contribution in [0.15, 0.2) is 18.2 Å². The van der Waals surface area contributed by atoms with E-state index in [-0.39, 0.29) is 5.91 Å². The largest absolute Gasteiger partial charge is 0.388 e.